The number of nitrogens with two attached hydrogens (primary N) is 2. The fourth-order valence-electron chi connectivity index (χ4n) is 0.795. The lowest BCUT2D eigenvalue weighted by Crippen LogP contribution is -2.21. The zero-order valence-electron chi connectivity index (χ0n) is 6.57. The molecule has 0 spiro atoms. The minimum atomic E-state index is -1.23. The molecule has 5 nitrogen and oxygen atoms in total. The van der Waals surface area contributed by atoms with E-state index in [4.69, 9.17) is 16.6 Å². The molecule has 1 unspecified atom stereocenters. The van der Waals surface area contributed by atoms with Crippen molar-refractivity contribution >= 4 is 11.7 Å². The van der Waals surface area contributed by atoms with Crippen LogP contribution in [0, 0.1) is 5.95 Å². The van der Waals surface area contributed by atoms with Gasteiger partial charge in [0.05, 0.1) is 5.69 Å². The molecule has 0 saturated carbocycles. The Balaban J connectivity index is 3.03. The van der Waals surface area contributed by atoms with Crippen molar-refractivity contribution in [3.63, 3.8) is 0 Å². The van der Waals surface area contributed by atoms with E-state index in [1.54, 1.807) is 0 Å². The largest absolute Gasteiger partial charge is 0.480 e. The Hall–Kier alpha value is -1.69. The van der Waals surface area contributed by atoms with Gasteiger partial charge in [0.2, 0.25) is 5.95 Å². The molecule has 0 fully saturated rings. The van der Waals surface area contributed by atoms with Gasteiger partial charge in [0.25, 0.3) is 0 Å². The quantitative estimate of drug-likeness (QED) is 0.558. The highest BCUT2D eigenvalue weighted by molar-refractivity contribution is 5.75. The lowest BCUT2D eigenvalue weighted by Gasteiger charge is -2.06. The van der Waals surface area contributed by atoms with E-state index in [0.29, 0.717) is 0 Å². The number of halogens is 1. The predicted molar refractivity (Wildman–Crippen MR) is 43.2 cm³/mol. The third-order valence-corrected chi connectivity index (χ3v) is 1.51. The molecule has 0 aliphatic heterocycles. The van der Waals surface area contributed by atoms with Crippen molar-refractivity contribution in [2.45, 2.75) is 6.04 Å². The molecule has 70 valence electrons. The normalized spacial score (nSPS) is 12.5. The summed E-state index contributed by atoms with van der Waals surface area (Å²) in [6.45, 7) is 0. The maximum atomic E-state index is 12.5. The van der Waals surface area contributed by atoms with Crippen LogP contribution in [0.15, 0.2) is 12.3 Å². The van der Waals surface area contributed by atoms with E-state index in [1.807, 2.05) is 0 Å². The lowest BCUT2D eigenvalue weighted by molar-refractivity contribution is -0.138. The average molecular weight is 185 g/mol. The number of nitrogen functional groups attached to an aromatic ring is 1. The van der Waals surface area contributed by atoms with Crippen LogP contribution < -0.4 is 11.5 Å². The number of rotatable bonds is 2. The molecule has 0 aliphatic rings. The summed E-state index contributed by atoms with van der Waals surface area (Å²) in [6.07, 6.45) is 1.05. The second-order valence-electron chi connectivity index (χ2n) is 2.46. The molecule has 0 aliphatic carbocycles. The van der Waals surface area contributed by atoms with Crippen molar-refractivity contribution in [1.29, 1.82) is 0 Å². The maximum Gasteiger partial charge on any atom is 0.325 e. The van der Waals surface area contributed by atoms with Crippen molar-refractivity contribution < 1.29 is 14.3 Å². The summed E-state index contributed by atoms with van der Waals surface area (Å²) < 4.78 is 12.5. The van der Waals surface area contributed by atoms with Crippen LogP contribution in [0.1, 0.15) is 11.6 Å². The number of aromatic nitrogens is 1. The smallest absolute Gasteiger partial charge is 0.325 e. The van der Waals surface area contributed by atoms with E-state index in [9.17, 15) is 9.18 Å². The molecule has 0 bridgehead atoms. The van der Waals surface area contributed by atoms with E-state index in [-0.39, 0.29) is 11.3 Å². The van der Waals surface area contributed by atoms with Crippen LogP contribution in [0.5, 0.6) is 0 Å². The van der Waals surface area contributed by atoms with Crippen LogP contribution in [-0.2, 0) is 4.79 Å². The van der Waals surface area contributed by atoms with Crippen molar-refractivity contribution in [2.24, 2.45) is 5.73 Å². The Kier molecular flexibility index (Phi) is 2.43. The first kappa shape index (κ1) is 9.40. The molecule has 1 rings (SSSR count). The van der Waals surface area contributed by atoms with Crippen molar-refractivity contribution in [3.05, 3.63) is 23.8 Å². The van der Waals surface area contributed by atoms with Gasteiger partial charge in [-0.2, -0.15) is 4.39 Å². The van der Waals surface area contributed by atoms with Crippen molar-refractivity contribution in [1.82, 2.24) is 4.98 Å². The van der Waals surface area contributed by atoms with Gasteiger partial charge < -0.3 is 16.6 Å². The fraction of sp³-hybridized carbons (Fsp3) is 0.143. The molecule has 1 heterocycles. The number of carboxylic acid groups (broad SMARTS) is 1. The third kappa shape index (κ3) is 1.91. The van der Waals surface area contributed by atoms with Gasteiger partial charge in [-0.3, -0.25) is 4.79 Å². The molecule has 13 heavy (non-hydrogen) atoms. The molecular formula is C7H8FN3O2. The number of carbonyl (C=O) groups is 1. The molecule has 0 amide bonds. The van der Waals surface area contributed by atoms with E-state index >= 15 is 0 Å². The Morgan fingerprint density at radius 2 is 2.31 bits per heavy atom. The monoisotopic (exact) mass is 185 g/mol. The third-order valence-electron chi connectivity index (χ3n) is 1.51. The number of anilines is 1. The summed E-state index contributed by atoms with van der Waals surface area (Å²) >= 11 is 0. The summed E-state index contributed by atoms with van der Waals surface area (Å²) in [6, 6.07) is -0.0726. The van der Waals surface area contributed by atoms with Crippen molar-refractivity contribution in [2.75, 3.05) is 5.73 Å². The number of carboxylic acids is 1. The molecular weight excluding hydrogens is 177 g/mol. The van der Waals surface area contributed by atoms with Crippen molar-refractivity contribution in [3.8, 4) is 0 Å². The summed E-state index contributed by atoms with van der Waals surface area (Å²) in [5.74, 6) is -2.05. The van der Waals surface area contributed by atoms with E-state index < -0.39 is 18.0 Å². The number of nitrogens with zero attached hydrogens (tertiary/aromatic N) is 1. The number of hydrogen-bond acceptors (Lipinski definition) is 4. The summed E-state index contributed by atoms with van der Waals surface area (Å²) in [5.41, 5.74) is 10.4. The van der Waals surface area contributed by atoms with Gasteiger partial charge >= 0.3 is 5.97 Å². The number of pyridine rings is 1. The minimum Gasteiger partial charge on any atom is -0.480 e. The molecule has 6 heteroatoms. The lowest BCUT2D eigenvalue weighted by atomic mass is 10.1. The Bertz CT molecular complexity index is 343. The summed E-state index contributed by atoms with van der Waals surface area (Å²) in [5, 5.41) is 8.51. The van der Waals surface area contributed by atoms with Crippen LogP contribution in [0.3, 0.4) is 0 Å². The van der Waals surface area contributed by atoms with Gasteiger partial charge in [-0.25, -0.2) is 4.98 Å². The molecule has 0 saturated heterocycles. The van der Waals surface area contributed by atoms with E-state index in [2.05, 4.69) is 4.98 Å². The zero-order chi connectivity index (χ0) is 10.0. The highest BCUT2D eigenvalue weighted by Gasteiger charge is 2.15. The standard InChI is InChI=1S/C7H8FN3O2/c8-6-4(9)1-3(2-11-6)5(10)7(12)13/h1-2,5H,9-10H2,(H,12,13). The average Bonchev–Trinajstić information content (AvgIpc) is 2.08. The molecule has 5 N–H and O–H groups in total. The second-order valence-corrected chi connectivity index (χ2v) is 2.46. The first-order chi connectivity index (χ1) is 6.02. The first-order valence-corrected chi connectivity index (χ1v) is 3.41. The summed E-state index contributed by atoms with van der Waals surface area (Å²) in [7, 11) is 0. The van der Waals surface area contributed by atoms with Gasteiger partial charge in [-0.1, -0.05) is 0 Å². The summed E-state index contributed by atoms with van der Waals surface area (Å²) in [4.78, 5) is 13.7. The Labute approximate surface area is 73.2 Å². The Morgan fingerprint density at radius 1 is 1.69 bits per heavy atom. The van der Waals surface area contributed by atoms with Crippen LogP contribution >= 0.6 is 0 Å². The topological polar surface area (TPSA) is 102 Å². The van der Waals surface area contributed by atoms with Crippen LogP contribution in [0.25, 0.3) is 0 Å². The van der Waals surface area contributed by atoms with Crippen LogP contribution in [-0.4, -0.2) is 16.1 Å². The fourth-order valence-corrected chi connectivity index (χ4v) is 0.795. The van der Waals surface area contributed by atoms with Gasteiger partial charge in [-0.05, 0) is 6.07 Å². The Morgan fingerprint density at radius 3 is 2.77 bits per heavy atom. The zero-order valence-corrected chi connectivity index (χ0v) is 6.57. The SMILES string of the molecule is Nc1cc(C(N)C(=O)O)cnc1F. The van der Waals surface area contributed by atoms with Crippen LogP contribution in [0.4, 0.5) is 10.1 Å². The van der Waals surface area contributed by atoms with Gasteiger partial charge in [0.1, 0.15) is 6.04 Å². The minimum absolute atomic E-state index is 0.173. The molecule has 1 atom stereocenters. The molecule has 0 aromatic carbocycles. The highest BCUT2D eigenvalue weighted by atomic mass is 19.1. The number of hydrogen-bond donors (Lipinski definition) is 3. The maximum absolute atomic E-state index is 12.5. The molecule has 1 aromatic heterocycles. The molecule has 1 aromatic rings. The van der Waals surface area contributed by atoms with E-state index in [1.165, 1.54) is 0 Å². The molecule has 0 radical (unpaired) electrons. The second kappa shape index (κ2) is 3.36. The van der Waals surface area contributed by atoms with Gasteiger partial charge in [0, 0.05) is 11.8 Å². The van der Waals surface area contributed by atoms with Gasteiger partial charge in [-0.15, -0.1) is 0 Å². The first-order valence-electron chi connectivity index (χ1n) is 3.41. The number of aliphatic carboxylic acids is 1. The highest BCUT2D eigenvalue weighted by Crippen LogP contribution is 2.14. The van der Waals surface area contributed by atoms with Gasteiger partial charge in [0.15, 0.2) is 0 Å². The predicted octanol–water partition coefficient (Wildman–Crippen LogP) is -0.113. The van der Waals surface area contributed by atoms with E-state index in [0.717, 1.165) is 12.3 Å². The van der Waals surface area contributed by atoms with Crippen LogP contribution in [0.2, 0.25) is 0 Å².